The molecule has 0 saturated carbocycles. The van der Waals surface area contributed by atoms with E-state index in [1.165, 1.54) is 0 Å². The van der Waals surface area contributed by atoms with E-state index in [0.717, 1.165) is 37.6 Å². The first-order valence-electron chi connectivity index (χ1n) is 6.96. The quantitative estimate of drug-likeness (QED) is 0.380. The van der Waals surface area contributed by atoms with E-state index in [4.69, 9.17) is 20.4 Å². The van der Waals surface area contributed by atoms with Crippen molar-refractivity contribution in [3.8, 4) is 5.75 Å². The highest BCUT2D eigenvalue weighted by atomic mass is 16.5. The van der Waals surface area contributed by atoms with Gasteiger partial charge < -0.3 is 20.4 Å². The average molecular weight is 293 g/mol. The van der Waals surface area contributed by atoms with Gasteiger partial charge in [-0.05, 0) is 32.0 Å². The van der Waals surface area contributed by atoms with Crippen LogP contribution in [0, 0.1) is 0 Å². The Hall–Kier alpha value is -1.79. The molecule has 1 heterocycles. The summed E-state index contributed by atoms with van der Waals surface area (Å²) in [5.41, 5.74) is 7.21. The molecule has 0 atom stereocenters. The zero-order chi connectivity index (χ0) is 15.5. The van der Waals surface area contributed by atoms with Crippen molar-refractivity contribution in [1.29, 1.82) is 0 Å². The van der Waals surface area contributed by atoms with Crippen LogP contribution in [0.3, 0.4) is 0 Å². The van der Waals surface area contributed by atoms with Gasteiger partial charge in [-0.15, -0.1) is 0 Å². The summed E-state index contributed by atoms with van der Waals surface area (Å²) in [7, 11) is 1.64. The van der Waals surface area contributed by atoms with E-state index in [1.807, 2.05) is 12.1 Å². The molecule has 1 aliphatic rings. The highest BCUT2D eigenvalue weighted by molar-refractivity contribution is 5.97. The topological polar surface area (TPSA) is 80.3 Å². The van der Waals surface area contributed by atoms with Gasteiger partial charge in [0.15, 0.2) is 5.84 Å². The molecule has 116 valence electrons. The van der Waals surface area contributed by atoms with Crippen LogP contribution in [0.15, 0.2) is 23.4 Å². The molecule has 1 aromatic rings. The first kappa shape index (κ1) is 15.6. The van der Waals surface area contributed by atoms with E-state index in [9.17, 15) is 0 Å². The minimum absolute atomic E-state index is 0.0983. The van der Waals surface area contributed by atoms with E-state index < -0.39 is 0 Å². The predicted octanol–water partition coefficient (Wildman–Crippen LogP) is 1.40. The van der Waals surface area contributed by atoms with Gasteiger partial charge >= 0.3 is 0 Å². The van der Waals surface area contributed by atoms with Crippen LogP contribution in [0.4, 0.5) is 0 Å². The largest absolute Gasteiger partial charge is 0.496 e. The number of nitrogens with zero attached hydrogens (tertiary/aromatic N) is 2. The van der Waals surface area contributed by atoms with Crippen LogP contribution in [0.1, 0.15) is 25.0 Å². The highest BCUT2D eigenvalue weighted by Gasteiger charge is 2.27. The SMILES string of the molecule is COc1ccc(/C(N)=N/O)cc1CN1CCOC(C)(C)C1. The lowest BCUT2D eigenvalue weighted by Gasteiger charge is -2.38. The maximum Gasteiger partial charge on any atom is 0.170 e. The van der Waals surface area contributed by atoms with Crippen molar-refractivity contribution in [2.45, 2.75) is 26.0 Å². The number of ether oxygens (including phenoxy) is 2. The Morgan fingerprint density at radius 2 is 2.29 bits per heavy atom. The monoisotopic (exact) mass is 293 g/mol. The fraction of sp³-hybridized carbons (Fsp3) is 0.533. The third-order valence-corrected chi connectivity index (χ3v) is 3.58. The summed E-state index contributed by atoms with van der Waals surface area (Å²) in [6, 6.07) is 5.52. The zero-order valence-corrected chi connectivity index (χ0v) is 12.8. The van der Waals surface area contributed by atoms with Gasteiger partial charge in [-0.1, -0.05) is 5.16 Å². The van der Waals surface area contributed by atoms with Crippen molar-refractivity contribution < 1.29 is 14.7 Å². The van der Waals surface area contributed by atoms with Gasteiger partial charge in [0.2, 0.25) is 0 Å². The smallest absolute Gasteiger partial charge is 0.170 e. The number of morpholine rings is 1. The number of rotatable bonds is 4. The lowest BCUT2D eigenvalue weighted by atomic mass is 10.0. The molecular weight excluding hydrogens is 270 g/mol. The molecule has 6 nitrogen and oxygen atoms in total. The molecule has 1 saturated heterocycles. The number of nitrogens with two attached hydrogens (primary N) is 1. The summed E-state index contributed by atoms with van der Waals surface area (Å²) < 4.78 is 11.1. The summed E-state index contributed by atoms with van der Waals surface area (Å²) in [5.74, 6) is 0.898. The fourth-order valence-electron chi connectivity index (χ4n) is 2.61. The summed E-state index contributed by atoms with van der Waals surface area (Å²) in [5, 5.41) is 11.8. The Morgan fingerprint density at radius 3 is 2.90 bits per heavy atom. The maximum absolute atomic E-state index is 8.80. The van der Waals surface area contributed by atoms with Crippen LogP contribution in [0.25, 0.3) is 0 Å². The Bertz CT molecular complexity index is 529. The van der Waals surface area contributed by atoms with Gasteiger partial charge in [0.05, 0.1) is 19.3 Å². The molecule has 0 amide bonds. The normalized spacial score (nSPS) is 19.5. The number of amidine groups is 1. The van der Waals surface area contributed by atoms with Gasteiger partial charge in [-0.25, -0.2) is 0 Å². The minimum Gasteiger partial charge on any atom is -0.496 e. The Morgan fingerprint density at radius 1 is 1.52 bits per heavy atom. The van der Waals surface area contributed by atoms with E-state index in [2.05, 4.69) is 23.9 Å². The van der Waals surface area contributed by atoms with Gasteiger partial charge in [0.25, 0.3) is 0 Å². The number of hydrogen-bond donors (Lipinski definition) is 2. The minimum atomic E-state index is -0.144. The molecule has 1 fully saturated rings. The molecule has 0 spiro atoms. The van der Waals surface area contributed by atoms with Crippen molar-refractivity contribution in [2.75, 3.05) is 26.8 Å². The molecule has 3 N–H and O–H groups in total. The lowest BCUT2D eigenvalue weighted by Crippen LogP contribution is -2.47. The number of benzene rings is 1. The molecule has 0 radical (unpaired) electrons. The second kappa shape index (κ2) is 6.32. The molecule has 6 heteroatoms. The average Bonchev–Trinajstić information content (AvgIpc) is 2.45. The van der Waals surface area contributed by atoms with Crippen molar-refractivity contribution in [3.63, 3.8) is 0 Å². The lowest BCUT2D eigenvalue weighted by molar-refractivity contribution is -0.0883. The van der Waals surface area contributed by atoms with Crippen molar-refractivity contribution in [3.05, 3.63) is 29.3 Å². The second-order valence-corrected chi connectivity index (χ2v) is 5.83. The van der Waals surface area contributed by atoms with E-state index in [-0.39, 0.29) is 11.4 Å². The molecule has 1 aromatic carbocycles. The molecule has 2 rings (SSSR count). The second-order valence-electron chi connectivity index (χ2n) is 5.83. The summed E-state index contributed by atoms with van der Waals surface area (Å²) in [6.45, 7) is 7.36. The summed E-state index contributed by atoms with van der Waals surface area (Å²) in [6.07, 6.45) is 0. The van der Waals surface area contributed by atoms with E-state index >= 15 is 0 Å². The number of hydrogen-bond acceptors (Lipinski definition) is 5. The molecule has 0 aromatic heterocycles. The first-order chi connectivity index (χ1) is 9.95. The first-order valence-corrected chi connectivity index (χ1v) is 6.96. The molecule has 21 heavy (non-hydrogen) atoms. The van der Waals surface area contributed by atoms with Crippen LogP contribution >= 0.6 is 0 Å². The highest BCUT2D eigenvalue weighted by Crippen LogP contribution is 2.24. The van der Waals surface area contributed by atoms with Gasteiger partial charge in [0.1, 0.15) is 5.75 Å². The number of methoxy groups -OCH3 is 1. The standard InChI is InChI=1S/C15H23N3O3/c1-15(2)10-18(6-7-21-15)9-12-8-11(14(16)17-19)4-5-13(12)20-3/h4-5,8,19H,6-7,9-10H2,1-3H3,(H2,16,17). The van der Waals surface area contributed by atoms with Crippen molar-refractivity contribution >= 4 is 5.84 Å². The van der Waals surface area contributed by atoms with Crippen LogP contribution < -0.4 is 10.5 Å². The van der Waals surface area contributed by atoms with Crippen molar-refractivity contribution in [1.82, 2.24) is 4.90 Å². The van der Waals surface area contributed by atoms with Crippen LogP contribution in [0.5, 0.6) is 5.75 Å². The zero-order valence-electron chi connectivity index (χ0n) is 12.8. The third kappa shape index (κ3) is 3.86. The molecule has 0 bridgehead atoms. The van der Waals surface area contributed by atoms with Gasteiger partial charge in [-0.2, -0.15) is 0 Å². The predicted molar refractivity (Wildman–Crippen MR) is 80.8 cm³/mol. The van der Waals surface area contributed by atoms with Crippen LogP contribution in [-0.2, 0) is 11.3 Å². The summed E-state index contributed by atoms with van der Waals surface area (Å²) >= 11 is 0. The fourth-order valence-corrected chi connectivity index (χ4v) is 2.61. The molecule has 0 aliphatic carbocycles. The summed E-state index contributed by atoms with van der Waals surface area (Å²) in [4.78, 5) is 2.32. The molecular formula is C15H23N3O3. The van der Waals surface area contributed by atoms with Crippen LogP contribution in [-0.4, -0.2) is 48.4 Å². The Labute approximate surface area is 125 Å². The Balaban J connectivity index is 2.21. The van der Waals surface area contributed by atoms with Crippen LogP contribution in [0.2, 0.25) is 0 Å². The molecule has 0 unspecified atom stereocenters. The van der Waals surface area contributed by atoms with Gasteiger partial charge in [0, 0.05) is 30.8 Å². The van der Waals surface area contributed by atoms with Crippen molar-refractivity contribution in [2.24, 2.45) is 10.9 Å². The third-order valence-electron chi connectivity index (χ3n) is 3.58. The molecule has 1 aliphatic heterocycles. The maximum atomic E-state index is 8.80. The van der Waals surface area contributed by atoms with E-state index in [0.29, 0.717) is 5.56 Å². The van der Waals surface area contributed by atoms with Gasteiger partial charge in [-0.3, -0.25) is 4.90 Å². The Kier molecular flexibility index (Phi) is 4.69. The number of oxime groups is 1. The van der Waals surface area contributed by atoms with E-state index in [1.54, 1.807) is 13.2 Å².